The Hall–Kier alpha value is -3.54. The van der Waals surface area contributed by atoms with Crippen molar-refractivity contribution in [2.45, 2.75) is 12.6 Å². The second kappa shape index (κ2) is 7.78. The Balaban J connectivity index is 2.24. The van der Waals surface area contributed by atoms with Gasteiger partial charge in [-0.05, 0) is 35.9 Å². The fourth-order valence-corrected chi connectivity index (χ4v) is 2.38. The van der Waals surface area contributed by atoms with Gasteiger partial charge in [0.2, 0.25) is 5.91 Å². The van der Waals surface area contributed by atoms with E-state index in [-0.39, 0.29) is 28.1 Å². The van der Waals surface area contributed by atoms with Gasteiger partial charge in [-0.3, -0.25) is 4.79 Å². The third-order valence-electron chi connectivity index (χ3n) is 3.63. The Kier molecular flexibility index (Phi) is 5.70. The molecule has 0 aromatic heterocycles. The fourth-order valence-electron chi connectivity index (χ4n) is 2.38. The highest BCUT2D eigenvalue weighted by molar-refractivity contribution is 5.95. The molecule has 0 unspecified atom stereocenters. The number of aromatic carboxylic acids is 1. The quantitative estimate of drug-likeness (QED) is 0.830. The molecule has 2 aromatic carbocycles. The molecule has 140 valence electrons. The van der Waals surface area contributed by atoms with Gasteiger partial charge in [-0.15, -0.1) is 0 Å². The summed E-state index contributed by atoms with van der Waals surface area (Å²) >= 11 is 0. The average molecular weight is 378 g/mol. The summed E-state index contributed by atoms with van der Waals surface area (Å²) in [4.78, 5) is 23.1. The van der Waals surface area contributed by atoms with Gasteiger partial charge in [0.1, 0.15) is 11.8 Å². The number of halogens is 3. The molecule has 0 saturated heterocycles. The first kappa shape index (κ1) is 19.8. The summed E-state index contributed by atoms with van der Waals surface area (Å²) in [6.45, 7) is 0. The number of carbonyl (C=O) groups is 2. The van der Waals surface area contributed by atoms with Crippen molar-refractivity contribution in [1.82, 2.24) is 0 Å². The van der Waals surface area contributed by atoms with E-state index in [1.54, 1.807) is 6.07 Å². The molecule has 6 nitrogen and oxygen atoms in total. The van der Waals surface area contributed by atoms with Crippen LogP contribution in [0.15, 0.2) is 36.4 Å². The SMILES string of the molecule is COc1ccc(CC(=O)Nc2ccc(C(=O)O)c(C#N)c2)c(C(F)(F)F)c1. The van der Waals surface area contributed by atoms with Crippen LogP contribution in [0.2, 0.25) is 0 Å². The van der Waals surface area contributed by atoms with E-state index in [0.717, 1.165) is 24.3 Å². The largest absolute Gasteiger partial charge is 0.497 e. The van der Waals surface area contributed by atoms with Gasteiger partial charge in [0.25, 0.3) is 0 Å². The molecule has 0 bridgehead atoms. The van der Waals surface area contributed by atoms with Crippen LogP contribution < -0.4 is 10.1 Å². The van der Waals surface area contributed by atoms with Crippen molar-refractivity contribution >= 4 is 17.6 Å². The lowest BCUT2D eigenvalue weighted by Gasteiger charge is -2.14. The second-order valence-corrected chi connectivity index (χ2v) is 5.42. The molecule has 2 N–H and O–H groups in total. The van der Waals surface area contributed by atoms with Crippen molar-refractivity contribution < 1.29 is 32.6 Å². The lowest BCUT2D eigenvalue weighted by atomic mass is 10.0. The van der Waals surface area contributed by atoms with E-state index in [1.165, 1.54) is 19.2 Å². The fraction of sp³-hybridized carbons (Fsp3) is 0.167. The molecule has 0 spiro atoms. The van der Waals surface area contributed by atoms with Crippen molar-refractivity contribution in [3.05, 3.63) is 58.7 Å². The monoisotopic (exact) mass is 378 g/mol. The van der Waals surface area contributed by atoms with Gasteiger partial charge in [0.15, 0.2) is 0 Å². The van der Waals surface area contributed by atoms with Gasteiger partial charge in [-0.25, -0.2) is 4.79 Å². The molecule has 0 fully saturated rings. The van der Waals surface area contributed by atoms with E-state index in [9.17, 15) is 22.8 Å². The van der Waals surface area contributed by atoms with E-state index in [1.807, 2.05) is 0 Å². The zero-order chi connectivity index (χ0) is 20.2. The maximum Gasteiger partial charge on any atom is 0.416 e. The molecule has 0 radical (unpaired) electrons. The van der Waals surface area contributed by atoms with E-state index < -0.39 is 30.0 Å². The highest BCUT2D eigenvalue weighted by Crippen LogP contribution is 2.34. The Morgan fingerprint density at radius 1 is 1.22 bits per heavy atom. The number of ether oxygens (including phenoxy) is 1. The summed E-state index contributed by atoms with van der Waals surface area (Å²) in [6.07, 6.45) is -5.23. The molecule has 0 aliphatic carbocycles. The summed E-state index contributed by atoms with van der Waals surface area (Å²) < 4.78 is 44.3. The van der Waals surface area contributed by atoms with Crippen molar-refractivity contribution in [3.63, 3.8) is 0 Å². The van der Waals surface area contributed by atoms with E-state index >= 15 is 0 Å². The number of anilines is 1. The molecule has 0 saturated carbocycles. The molecule has 9 heteroatoms. The molecule has 1 amide bonds. The minimum absolute atomic E-state index is 0.00871. The maximum atomic E-state index is 13.2. The highest BCUT2D eigenvalue weighted by atomic mass is 19.4. The third-order valence-corrected chi connectivity index (χ3v) is 3.63. The molecule has 2 rings (SSSR count). The zero-order valence-corrected chi connectivity index (χ0v) is 13.9. The number of hydrogen-bond donors (Lipinski definition) is 2. The van der Waals surface area contributed by atoms with Crippen molar-refractivity contribution in [3.8, 4) is 11.8 Å². The van der Waals surface area contributed by atoms with Gasteiger partial charge in [-0.2, -0.15) is 18.4 Å². The summed E-state index contributed by atoms with van der Waals surface area (Å²) in [5, 5.41) is 20.3. The number of methoxy groups -OCH3 is 1. The summed E-state index contributed by atoms with van der Waals surface area (Å²) in [5.41, 5.74) is -1.56. The number of benzene rings is 2. The first-order valence-corrected chi connectivity index (χ1v) is 7.47. The average Bonchev–Trinajstić information content (AvgIpc) is 2.60. The Morgan fingerprint density at radius 3 is 2.48 bits per heavy atom. The number of carbonyl (C=O) groups excluding carboxylic acids is 1. The van der Waals surface area contributed by atoms with Gasteiger partial charge in [0.05, 0.1) is 30.2 Å². The number of hydrogen-bond acceptors (Lipinski definition) is 4. The molecule has 0 aliphatic rings. The maximum absolute atomic E-state index is 13.2. The van der Waals surface area contributed by atoms with Crippen LogP contribution in [0.3, 0.4) is 0 Å². The lowest BCUT2D eigenvalue weighted by Crippen LogP contribution is -2.18. The number of carboxylic acid groups (broad SMARTS) is 1. The number of alkyl halides is 3. The minimum atomic E-state index is -4.67. The Labute approximate surface area is 151 Å². The topological polar surface area (TPSA) is 99.4 Å². The predicted molar refractivity (Wildman–Crippen MR) is 88.4 cm³/mol. The number of carboxylic acids is 1. The predicted octanol–water partition coefficient (Wildman–Crippen LogP) is 3.47. The van der Waals surface area contributed by atoms with Crippen LogP contribution in [-0.4, -0.2) is 24.1 Å². The van der Waals surface area contributed by atoms with Crippen molar-refractivity contribution in [1.29, 1.82) is 5.26 Å². The smallest absolute Gasteiger partial charge is 0.416 e. The van der Waals surface area contributed by atoms with Gasteiger partial charge in [-0.1, -0.05) is 6.07 Å². The van der Waals surface area contributed by atoms with Crippen LogP contribution in [0.4, 0.5) is 18.9 Å². The van der Waals surface area contributed by atoms with Crippen LogP contribution in [-0.2, 0) is 17.4 Å². The van der Waals surface area contributed by atoms with E-state index in [4.69, 9.17) is 15.1 Å². The van der Waals surface area contributed by atoms with Crippen LogP contribution in [0, 0.1) is 11.3 Å². The third kappa shape index (κ3) is 4.76. The first-order valence-electron chi connectivity index (χ1n) is 7.47. The molecular weight excluding hydrogens is 365 g/mol. The molecule has 0 heterocycles. The van der Waals surface area contributed by atoms with Crippen LogP contribution in [0.1, 0.15) is 27.0 Å². The van der Waals surface area contributed by atoms with Crippen LogP contribution >= 0.6 is 0 Å². The minimum Gasteiger partial charge on any atom is -0.497 e. The first-order chi connectivity index (χ1) is 12.7. The number of amides is 1. The second-order valence-electron chi connectivity index (χ2n) is 5.42. The van der Waals surface area contributed by atoms with Gasteiger partial charge in [0, 0.05) is 5.69 Å². The molecule has 0 aliphatic heterocycles. The standard InChI is InChI=1S/C18H13F3N2O4/c1-27-13-4-2-10(15(8-13)18(19,20)21)7-16(24)23-12-3-5-14(17(25)26)11(6-12)9-22/h2-6,8H,7H2,1H3,(H,23,24)(H,25,26). The Morgan fingerprint density at radius 2 is 1.93 bits per heavy atom. The molecule has 0 atom stereocenters. The Bertz CT molecular complexity index is 933. The highest BCUT2D eigenvalue weighted by Gasteiger charge is 2.34. The van der Waals surface area contributed by atoms with Gasteiger partial charge >= 0.3 is 12.1 Å². The molecular formula is C18H13F3N2O4. The normalized spacial score (nSPS) is 10.8. The number of nitriles is 1. The van der Waals surface area contributed by atoms with Crippen LogP contribution in [0.25, 0.3) is 0 Å². The van der Waals surface area contributed by atoms with Gasteiger partial charge < -0.3 is 15.2 Å². The van der Waals surface area contributed by atoms with E-state index in [0.29, 0.717) is 0 Å². The van der Waals surface area contributed by atoms with E-state index in [2.05, 4.69) is 5.32 Å². The number of nitrogens with zero attached hydrogens (tertiary/aromatic N) is 1. The van der Waals surface area contributed by atoms with Crippen LogP contribution in [0.5, 0.6) is 5.75 Å². The zero-order valence-electron chi connectivity index (χ0n) is 13.9. The summed E-state index contributed by atoms with van der Waals surface area (Å²) in [7, 11) is 1.23. The number of nitrogens with one attached hydrogen (secondary N) is 1. The molecule has 2 aromatic rings. The molecule has 27 heavy (non-hydrogen) atoms. The number of rotatable bonds is 5. The van der Waals surface area contributed by atoms with Crippen molar-refractivity contribution in [2.75, 3.05) is 12.4 Å². The van der Waals surface area contributed by atoms with Crippen molar-refractivity contribution in [2.24, 2.45) is 0 Å². The lowest BCUT2D eigenvalue weighted by molar-refractivity contribution is -0.138. The summed E-state index contributed by atoms with van der Waals surface area (Å²) in [6, 6.07) is 8.47. The summed E-state index contributed by atoms with van der Waals surface area (Å²) in [5.74, 6) is -2.05.